The van der Waals surface area contributed by atoms with Crippen LogP contribution in [0.5, 0.6) is 0 Å². The molecule has 0 fully saturated rings. The van der Waals surface area contributed by atoms with E-state index in [0.717, 1.165) is 29.2 Å². The SMILES string of the molecule is CCNC(=NCc1ccccc1-n1nc(C)cc1C)NCCO. The second-order valence-electron chi connectivity index (χ2n) is 5.31. The first-order chi connectivity index (χ1) is 11.2. The van der Waals surface area contributed by atoms with Crippen LogP contribution >= 0.6 is 0 Å². The maximum absolute atomic E-state index is 8.94. The monoisotopic (exact) mass is 315 g/mol. The molecule has 0 saturated carbocycles. The molecule has 0 saturated heterocycles. The Labute approximate surface area is 137 Å². The number of rotatable bonds is 6. The molecule has 1 heterocycles. The van der Waals surface area contributed by atoms with Gasteiger partial charge >= 0.3 is 0 Å². The van der Waals surface area contributed by atoms with Crippen LogP contribution in [0.25, 0.3) is 5.69 Å². The molecular weight excluding hydrogens is 290 g/mol. The second kappa shape index (κ2) is 8.33. The molecule has 6 heteroatoms. The lowest BCUT2D eigenvalue weighted by Crippen LogP contribution is -2.38. The highest BCUT2D eigenvalue weighted by atomic mass is 16.3. The molecule has 0 spiro atoms. The number of aliphatic hydroxyl groups excluding tert-OH is 1. The van der Waals surface area contributed by atoms with Gasteiger partial charge in [-0.05, 0) is 38.5 Å². The topological polar surface area (TPSA) is 74.5 Å². The summed E-state index contributed by atoms with van der Waals surface area (Å²) in [6.07, 6.45) is 0. The third kappa shape index (κ3) is 4.56. The van der Waals surface area contributed by atoms with Gasteiger partial charge in [-0.3, -0.25) is 0 Å². The number of aliphatic imine (C=N–C) groups is 1. The number of aromatic nitrogens is 2. The molecule has 124 valence electrons. The summed E-state index contributed by atoms with van der Waals surface area (Å²) in [6, 6.07) is 10.2. The van der Waals surface area contributed by atoms with Crippen molar-refractivity contribution in [2.45, 2.75) is 27.3 Å². The quantitative estimate of drug-likeness (QED) is 0.558. The zero-order valence-electron chi connectivity index (χ0n) is 14.0. The standard InChI is InChI=1S/C17H25N5O/c1-4-18-17(19-9-10-23)20-12-15-7-5-6-8-16(15)22-14(3)11-13(2)21-22/h5-8,11,23H,4,9-10,12H2,1-3H3,(H2,18,19,20). The zero-order valence-corrected chi connectivity index (χ0v) is 14.0. The first kappa shape index (κ1) is 17.0. The molecule has 6 nitrogen and oxygen atoms in total. The van der Waals surface area contributed by atoms with Crippen molar-refractivity contribution in [3.05, 3.63) is 47.3 Å². The van der Waals surface area contributed by atoms with Gasteiger partial charge in [0.05, 0.1) is 24.5 Å². The van der Waals surface area contributed by atoms with Gasteiger partial charge in [-0.2, -0.15) is 5.10 Å². The molecule has 1 aromatic heterocycles. The van der Waals surface area contributed by atoms with Crippen molar-refractivity contribution in [2.75, 3.05) is 19.7 Å². The number of aliphatic hydroxyl groups is 1. The molecule has 0 radical (unpaired) electrons. The second-order valence-corrected chi connectivity index (χ2v) is 5.31. The van der Waals surface area contributed by atoms with E-state index in [1.807, 2.05) is 37.6 Å². The molecule has 0 amide bonds. The third-order valence-corrected chi connectivity index (χ3v) is 3.39. The molecule has 3 N–H and O–H groups in total. The van der Waals surface area contributed by atoms with E-state index >= 15 is 0 Å². The van der Waals surface area contributed by atoms with E-state index in [4.69, 9.17) is 5.11 Å². The zero-order chi connectivity index (χ0) is 16.7. The predicted octanol–water partition coefficient (Wildman–Crippen LogP) is 1.54. The summed E-state index contributed by atoms with van der Waals surface area (Å²) in [4.78, 5) is 4.59. The Bertz CT molecular complexity index is 663. The van der Waals surface area contributed by atoms with E-state index in [1.54, 1.807) is 0 Å². The summed E-state index contributed by atoms with van der Waals surface area (Å²) in [6.45, 7) is 7.92. The number of nitrogens with one attached hydrogen (secondary N) is 2. The smallest absolute Gasteiger partial charge is 0.191 e. The fourth-order valence-corrected chi connectivity index (χ4v) is 2.40. The van der Waals surface area contributed by atoms with Gasteiger partial charge in [-0.15, -0.1) is 0 Å². The van der Waals surface area contributed by atoms with Crippen LogP contribution in [0.1, 0.15) is 23.9 Å². The minimum atomic E-state index is 0.0762. The molecule has 1 aromatic carbocycles. The molecule has 0 aliphatic carbocycles. The maximum atomic E-state index is 8.94. The van der Waals surface area contributed by atoms with Crippen molar-refractivity contribution >= 4 is 5.96 Å². The number of aryl methyl sites for hydroxylation is 2. The first-order valence-electron chi connectivity index (χ1n) is 7.90. The van der Waals surface area contributed by atoms with Crippen LogP contribution in [0.15, 0.2) is 35.3 Å². The van der Waals surface area contributed by atoms with Crippen molar-refractivity contribution < 1.29 is 5.11 Å². The molecular formula is C17H25N5O. The molecule has 0 atom stereocenters. The van der Waals surface area contributed by atoms with Crippen molar-refractivity contribution in [3.63, 3.8) is 0 Å². The van der Waals surface area contributed by atoms with E-state index in [-0.39, 0.29) is 6.61 Å². The van der Waals surface area contributed by atoms with Gasteiger partial charge in [0.25, 0.3) is 0 Å². The van der Waals surface area contributed by atoms with Gasteiger partial charge in [0, 0.05) is 18.8 Å². The van der Waals surface area contributed by atoms with E-state index in [1.165, 1.54) is 0 Å². The maximum Gasteiger partial charge on any atom is 0.191 e. The Morgan fingerprint density at radius 1 is 1.26 bits per heavy atom. The van der Waals surface area contributed by atoms with E-state index in [2.05, 4.69) is 38.9 Å². The van der Waals surface area contributed by atoms with Crippen LogP contribution in [0, 0.1) is 13.8 Å². The number of hydrogen-bond acceptors (Lipinski definition) is 3. The average Bonchev–Trinajstić information content (AvgIpc) is 2.88. The Morgan fingerprint density at radius 3 is 2.70 bits per heavy atom. The van der Waals surface area contributed by atoms with Crippen LogP contribution in [0.2, 0.25) is 0 Å². The van der Waals surface area contributed by atoms with Crippen LogP contribution in [-0.4, -0.2) is 40.5 Å². The van der Waals surface area contributed by atoms with Gasteiger partial charge in [0.2, 0.25) is 0 Å². The van der Waals surface area contributed by atoms with Gasteiger partial charge in [0.15, 0.2) is 5.96 Å². The first-order valence-corrected chi connectivity index (χ1v) is 7.90. The summed E-state index contributed by atoms with van der Waals surface area (Å²) >= 11 is 0. The summed E-state index contributed by atoms with van der Waals surface area (Å²) in [5, 5.41) is 19.7. The van der Waals surface area contributed by atoms with Gasteiger partial charge in [0.1, 0.15) is 0 Å². The molecule has 2 aromatic rings. The van der Waals surface area contributed by atoms with Crippen LogP contribution in [0.4, 0.5) is 0 Å². The van der Waals surface area contributed by atoms with Crippen LogP contribution in [0.3, 0.4) is 0 Å². The minimum absolute atomic E-state index is 0.0762. The number of benzene rings is 1. The largest absolute Gasteiger partial charge is 0.395 e. The number of hydrogen-bond donors (Lipinski definition) is 3. The average molecular weight is 315 g/mol. The summed E-state index contributed by atoms with van der Waals surface area (Å²) in [7, 11) is 0. The normalized spacial score (nSPS) is 11.6. The van der Waals surface area contributed by atoms with Crippen molar-refractivity contribution in [1.82, 2.24) is 20.4 Å². The lowest BCUT2D eigenvalue weighted by molar-refractivity contribution is 0.300. The highest BCUT2D eigenvalue weighted by Gasteiger charge is 2.08. The fraction of sp³-hybridized carbons (Fsp3) is 0.412. The predicted molar refractivity (Wildman–Crippen MR) is 92.9 cm³/mol. The van der Waals surface area contributed by atoms with Crippen LogP contribution in [-0.2, 0) is 6.54 Å². The van der Waals surface area contributed by atoms with Crippen LogP contribution < -0.4 is 10.6 Å². The Morgan fingerprint density at radius 2 is 2.04 bits per heavy atom. The Balaban J connectivity index is 2.24. The highest BCUT2D eigenvalue weighted by molar-refractivity contribution is 5.79. The molecule has 2 rings (SSSR count). The molecule has 0 bridgehead atoms. The van der Waals surface area contributed by atoms with Gasteiger partial charge in [-0.1, -0.05) is 18.2 Å². The van der Waals surface area contributed by atoms with E-state index in [0.29, 0.717) is 19.0 Å². The Hall–Kier alpha value is -2.34. The van der Waals surface area contributed by atoms with Crippen molar-refractivity contribution in [3.8, 4) is 5.69 Å². The van der Waals surface area contributed by atoms with E-state index in [9.17, 15) is 0 Å². The van der Waals surface area contributed by atoms with Gasteiger partial charge < -0.3 is 15.7 Å². The van der Waals surface area contributed by atoms with E-state index < -0.39 is 0 Å². The lowest BCUT2D eigenvalue weighted by Gasteiger charge is -2.12. The fourth-order valence-electron chi connectivity index (χ4n) is 2.40. The Kier molecular flexibility index (Phi) is 6.17. The number of para-hydroxylation sites is 1. The lowest BCUT2D eigenvalue weighted by atomic mass is 10.2. The summed E-state index contributed by atoms with van der Waals surface area (Å²) < 4.78 is 1.95. The molecule has 0 aliphatic rings. The van der Waals surface area contributed by atoms with Crippen molar-refractivity contribution in [1.29, 1.82) is 0 Å². The molecule has 0 unspecified atom stereocenters. The van der Waals surface area contributed by atoms with Gasteiger partial charge in [-0.25, -0.2) is 9.67 Å². The highest BCUT2D eigenvalue weighted by Crippen LogP contribution is 2.17. The molecule has 23 heavy (non-hydrogen) atoms. The summed E-state index contributed by atoms with van der Waals surface area (Å²) in [5.74, 6) is 0.699. The third-order valence-electron chi connectivity index (χ3n) is 3.39. The molecule has 0 aliphatic heterocycles. The number of guanidine groups is 1. The minimum Gasteiger partial charge on any atom is -0.395 e. The number of nitrogens with zero attached hydrogens (tertiary/aromatic N) is 3. The summed E-state index contributed by atoms with van der Waals surface area (Å²) in [5.41, 5.74) is 4.24. The van der Waals surface area contributed by atoms with Crippen molar-refractivity contribution in [2.24, 2.45) is 4.99 Å².